The summed E-state index contributed by atoms with van der Waals surface area (Å²) in [7, 11) is 0. The Hall–Kier alpha value is -0.940. The van der Waals surface area contributed by atoms with E-state index in [4.69, 9.17) is 4.74 Å². The van der Waals surface area contributed by atoms with Gasteiger partial charge in [0.15, 0.2) is 0 Å². The van der Waals surface area contributed by atoms with Gasteiger partial charge < -0.3 is 20.3 Å². The predicted molar refractivity (Wildman–Crippen MR) is 64.5 cm³/mol. The molecular formula is C13H19NO3. The van der Waals surface area contributed by atoms with Crippen LogP contribution in [0.5, 0.6) is 0 Å². The van der Waals surface area contributed by atoms with E-state index in [0.717, 1.165) is 12.1 Å². The topological polar surface area (TPSA) is 61.7 Å². The lowest BCUT2D eigenvalue weighted by Gasteiger charge is -2.32. The summed E-state index contributed by atoms with van der Waals surface area (Å²) in [6.07, 6.45) is -0.780. The number of piperidine rings is 1. The van der Waals surface area contributed by atoms with Crippen LogP contribution in [0.1, 0.15) is 12.0 Å². The minimum absolute atomic E-state index is 0.178. The van der Waals surface area contributed by atoms with Crippen molar-refractivity contribution in [3.8, 4) is 0 Å². The molecule has 2 rings (SSSR count). The molecule has 17 heavy (non-hydrogen) atoms. The van der Waals surface area contributed by atoms with Crippen LogP contribution in [0.4, 0.5) is 0 Å². The summed E-state index contributed by atoms with van der Waals surface area (Å²) in [5.74, 6) is 0. The van der Waals surface area contributed by atoms with E-state index in [-0.39, 0.29) is 6.04 Å². The lowest BCUT2D eigenvalue weighted by atomic mass is 9.99. The Bertz CT molecular complexity index is 331. The Morgan fingerprint density at radius 1 is 1.24 bits per heavy atom. The second-order valence-electron chi connectivity index (χ2n) is 4.41. The van der Waals surface area contributed by atoms with Gasteiger partial charge in [-0.3, -0.25) is 0 Å². The van der Waals surface area contributed by atoms with Crippen molar-refractivity contribution in [2.24, 2.45) is 0 Å². The van der Waals surface area contributed by atoms with Crippen LogP contribution >= 0.6 is 0 Å². The average molecular weight is 237 g/mol. The third-order valence-electron chi connectivity index (χ3n) is 3.06. The van der Waals surface area contributed by atoms with E-state index in [0.29, 0.717) is 19.6 Å². The molecule has 0 bridgehead atoms. The molecule has 1 aromatic rings. The van der Waals surface area contributed by atoms with Gasteiger partial charge in [-0.05, 0) is 18.5 Å². The molecule has 0 aromatic heterocycles. The molecule has 1 fully saturated rings. The number of hydrogen-bond donors (Lipinski definition) is 3. The number of rotatable bonds is 4. The van der Waals surface area contributed by atoms with Gasteiger partial charge in [-0.25, -0.2) is 0 Å². The molecule has 0 unspecified atom stereocenters. The number of aliphatic hydroxyl groups excluding tert-OH is 2. The smallest absolute Gasteiger partial charge is 0.0974 e. The summed E-state index contributed by atoms with van der Waals surface area (Å²) in [6.45, 7) is 1.66. The molecule has 1 aromatic carbocycles. The Labute approximate surface area is 101 Å². The molecule has 4 nitrogen and oxygen atoms in total. The minimum atomic E-state index is -0.737. The monoisotopic (exact) mass is 237 g/mol. The van der Waals surface area contributed by atoms with Crippen LogP contribution in [0.3, 0.4) is 0 Å². The van der Waals surface area contributed by atoms with Crippen molar-refractivity contribution in [3.05, 3.63) is 35.9 Å². The Morgan fingerprint density at radius 3 is 2.76 bits per heavy atom. The van der Waals surface area contributed by atoms with Crippen molar-refractivity contribution in [2.75, 3.05) is 13.2 Å². The lowest BCUT2D eigenvalue weighted by molar-refractivity contribution is -0.0501. The van der Waals surface area contributed by atoms with E-state index in [2.05, 4.69) is 5.32 Å². The van der Waals surface area contributed by atoms with Crippen LogP contribution in [-0.2, 0) is 11.3 Å². The summed E-state index contributed by atoms with van der Waals surface area (Å²) in [6, 6.07) is 9.72. The average Bonchev–Trinajstić information content (AvgIpc) is 2.36. The summed E-state index contributed by atoms with van der Waals surface area (Å²) in [5, 5.41) is 22.4. The molecule has 1 saturated heterocycles. The van der Waals surface area contributed by atoms with Gasteiger partial charge in [-0.1, -0.05) is 30.3 Å². The lowest BCUT2D eigenvalue weighted by Crippen LogP contribution is -2.54. The van der Waals surface area contributed by atoms with Crippen LogP contribution in [0.15, 0.2) is 30.3 Å². The zero-order valence-electron chi connectivity index (χ0n) is 9.75. The summed E-state index contributed by atoms with van der Waals surface area (Å²) in [5.41, 5.74) is 1.11. The Kier molecular flexibility index (Phi) is 4.50. The summed E-state index contributed by atoms with van der Waals surface area (Å²) in [4.78, 5) is 0. The maximum absolute atomic E-state index is 9.74. The largest absolute Gasteiger partial charge is 0.390 e. The highest BCUT2D eigenvalue weighted by Crippen LogP contribution is 2.10. The zero-order valence-corrected chi connectivity index (χ0v) is 9.75. The number of hydrogen-bond acceptors (Lipinski definition) is 4. The second-order valence-corrected chi connectivity index (χ2v) is 4.41. The Balaban J connectivity index is 1.75. The van der Waals surface area contributed by atoms with E-state index in [9.17, 15) is 10.2 Å². The van der Waals surface area contributed by atoms with Gasteiger partial charge in [0.1, 0.15) is 0 Å². The predicted octanol–water partition coefficient (Wildman–Crippen LogP) is 0.287. The first-order valence-corrected chi connectivity index (χ1v) is 5.98. The zero-order chi connectivity index (χ0) is 12.1. The fourth-order valence-electron chi connectivity index (χ4n) is 2.01. The van der Waals surface area contributed by atoms with Crippen molar-refractivity contribution < 1.29 is 14.9 Å². The van der Waals surface area contributed by atoms with Gasteiger partial charge >= 0.3 is 0 Å². The first-order chi connectivity index (χ1) is 8.27. The van der Waals surface area contributed by atoms with Gasteiger partial charge in [-0.2, -0.15) is 0 Å². The normalized spacial score (nSPS) is 29.2. The molecular weight excluding hydrogens is 218 g/mol. The molecule has 1 heterocycles. The van der Waals surface area contributed by atoms with Crippen molar-refractivity contribution in [3.63, 3.8) is 0 Å². The highest BCUT2D eigenvalue weighted by molar-refractivity contribution is 5.13. The third kappa shape index (κ3) is 3.51. The number of nitrogens with one attached hydrogen (secondary N) is 1. The number of benzene rings is 1. The molecule has 94 valence electrons. The SMILES string of the molecule is O[C@H]1[C@H](O)CCN[C@H]1COCc1ccccc1. The van der Waals surface area contributed by atoms with Crippen molar-refractivity contribution in [2.45, 2.75) is 31.3 Å². The fraction of sp³-hybridized carbons (Fsp3) is 0.538. The third-order valence-corrected chi connectivity index (χ3v) is 3.06. The molecule has 3 atom stereocenters. The summed E-state index contributed by atoms with van der Waals surface area (Å²) >= 11 is 0. The van der Waals surface area contributed by atoms with Crippen molar-refractivity contribution >= 4 is 0 Å². The van der Waals surface area contributed by atoms with Crippen LogP contribution < -0.4 is 5.32 Å². The van der Waals surface area contributed by atoms with Gasteiger partial charge in [0, 0.05) is 0 Å². The standard InChI is InChI=1S/C13H19NO3/c15-12-6-7-14-11(13(12)16)9-17-8-10-4-2-1-3-5-10/h1-5,11-16H,6-9H2/t11-,12+,13+/m0/s1. The highest BCUT2D eigenvalue weighted by Gasteiger charge is 2.29. The van der Waals surface area contributed by atoms with Crippen molar-refractivity contribution in [1.82, 2.24) is 5.32 Å². The maximum Gasteiger partial charge on any atom is 0.0974 e. The van der Waals surface area contributed by atoms with Crippen LogP contribution in [0, 0.1) is 0 Å². The molecule has 4 heteroatoms. The number of ether oxygens (including phenoxy) is 1. The highest BCUT2D eigenvalue weighted by atomic mass is 16.5. The van der Waals surface area contributed by atoms with Crippen LogP contribution in [0.2, 0.25) is 0 Å². The van der Waals surface area contributed by atoms with E-state index in [1.807, 2.05) is 30.3 Å². The van der Waals surface area contributed by atoms with E-state index >= 15 is 0 Å². The van der Waals surface area contributed by atoms with E-state index in [1.54, 1.807) is 0 Å². The first-order valence-electron chi connectivity index (χ1n) is 5.98. The van der Waals surface area contributed by atoms with E-state index in [1.165, 1.54) is 0 Å². The molecule has 1 aliphatic heterocycles. The van der Waals surface area contributed by atoms with Gasteiger partial charge in [0.2, 0.25) is 0 Å². The Morgan fingerprint density at radius 2 is 2.00 bits per heavy atom. The molecule has 3 N–H and O–H groups in total. The second kappa shape index (κ2) is 6.12. The van der Waals surface area contributed by atoms with Crippen LogP contribution in [0.25, 0.3) is 0 Å². The fourth-order valence-corrected chi connectivity index (χ4v) is 2.01. The molecule has 0 amide bonds. The maximum atomic E-state index is 9.74. The number of aliphatic hydroxyl groups is 2. The summed E-state index contributed by atoms with van der Waals surface area (Å²) < 4.78 is 5.54. The van der Waals surface area contributed by atoms with Gasteiger partial charge in [0.25, 0.3) is 0 Å². The van der Waals surface area contributed by atoms with Crippen LogP contribution in [-0.4, -0.2) is 41.6 Å². The van der Waals surface area contributed by atoms with Crippen molar-refractivity contribution in [1.29, 1.82) is 0 Å². The van der Waals surface area contributed by atoms with Gasteiger partial charge in [0.05, 0.1) is 31.5 Å². The van der Waals surface area contributed by atoms with E-state index < -0.39 is 12.2 Å². The first kappa shape index (κ1) is 12.5. The minimum Gasteiger partial charge on any atom is -0.390 e. The molecule has 0 aliphatic carbocycles. The van der Waals surface area contributed by atoms with Gasteiger partial charge in [-0.15, -0.1) is 0 Å². The molecule has 1 aliphatic rings. The quantitative estimate of drug-likeness (QED) is 0.704. The molecule has 0 saturated carbocycles. The molecule has 0 radical (unpaired) electrons. The molecule has 0 spiro atoms.